The molecule has 1 aromatic rings. The second-order valence-corrected chi connectivity index (χ2v) is 4.51. The fourth-order valence-corrected chi connectivity index (χ4v) is 2.56. The quantitative estimate of drug-likeness (QED) is 0.806. The third kappa shape index (κ3) is 1.71. The van der Waals surface area contributed by atoms with E-state index >= 15 is 0 Å². The lowest BCUT2D eigenvalue weighted by atomic mass is 10.0. The lowest BCUT2D eigenvalue weighted by Gasteiger charge is -2.28. The van der Waals surface area contributed by atoms with Crippen molar-refractivity contribution in [3.8, 4) is 6.07 Å². The fourth-order valence-electron chi connectivity index (χ4n) is 2.56. The first kappa shape index (κ1) is 11.1. The molecule has 2 heterocycles. The van der Waals surface area contributed by atoms with Crippen molar-refractivity contribution in [2.45, 2.75) is 18.6 Å². The number of carbonyl (C=O) groups excluding carboxylic acids is 1. The maximum Gasteiger partial charge on any atom is 0.415 e. The van der Waals surface area contributed by atoms with E-state index in [9.17, 15) is 4.79 Å². The molecule has 0 radical (unpaired) electrons. The molecule has 2 atom stereocenters. The monoisotopic (exact) mass is 243 g/mol. The molecule has 2 unspecified atom stereocenters. The Morgan fingerprint density at radius 3 is 3.22 bits per heavy atom. The Bertz CT molecular complexity index is 523. The zero-order chi connectivity index (χ0) is 12.5. The van der Waals surface area contributed by atoms with Crippen LogP contribution in [-0.4, -0.2) is 31.3 Å². The van der Waals surface area contributed by atoms with Crippen LogP contribution in [-0.2, 0) is 4.74 Å². The molecule has 2 fully saturated rings. The molecule has 1 aromatic carbocycles. The molecule has 5 nitrogen and oxygen atoms in total. The second-order valence-electron chi connectivity index (χ2n) is 4.51. The first-order valence-electron chi connectivity index (χ1n) is 6.00. The smallest absolute Gasteiger partial charge is 0.415 e. The molecule has 0 aromatic heterocycles. The number of hydrogen-bond acceptors (Lipinski definition) is 4. The Hall–Kier alpha value is -2.06. The van der Waals surface area contributed by atoms with Gasteiger partial charge in [-0.05, 0) is 31.2 Å². The van der Waals surface area contributed by atoms with Gasteiger partial charge in [0.15, 0.2) is 0 Å². The van der Waals surface area contributed by atoms with Crippen LogP contribution in [0.4, 0.5) is 10.5 Å². The van der Waals surface area contributed by atoms with E-state index in [0.29, 0.717) is 5.56 Å². The summed E-state index contributed by atoms with van der Waals surface area (Å²) in [7, 11) is 0. The summed E-state index contributed by atoms with van der Waals surface area (Å²) in [5.74, 6) is 0. The van der Waals surface area contributed by atoms with E-state index in [1.54, 1.807) is 23.1 Å². The summed E-state index contributed by atoms with van der Waals surface area (Å²) in [6.07, 6.45) is 0.485. The minimum absolute atomic E-state index is 0.0280. The van der Waals surface area contributed by atoms with Gasteiger partial charge in [-0.2, -0.15) is 5.26 Å². The van der Waals surface area contributed by atoms with Crippen LogP contribution < -0.4 is 10.2 Å². The van der Waals surface area contributed by atoms with Crippen molar-refractivity contribution in [2.24, 2.45) is 0 Å². The number of piperidine rings is 1. The van der Waals surface area contributed by atoms with Crippen molar-refractivity contribution in [3.63, 3.8) is 0 Å². The lowest BCUT2D eigenvalue weighted by Crippen LogP contribution is -2.49. The number of amides is 1. The summed E-state index contributed by atoms with van der Waals surface area (Å²) in [5, 5.41) is 12.2. The van der Waals surface area contributed by atoms with Crippen molar-refractivity contribution >= 4 is 11.8 Å². The van der Waals surface area contributed by atoms with E-state index in [4.69, 9.17) is 10.00 Å². The number of benzene rings is 1. The van der Waals surface area contributed by atoms with Crippen LogP contribution in [0.1, 0.15) is 12.0 Å². The number of carbonyl (C=O) groups is 1. The van der Waals surface area contributed by atoms with Gasteiger partial charge in [0.25, 0.3) is 0 Å². The maximum absolute atomic E-state index is 11.9. The molecule has 1 N–H and O–H groups in total. The zero-order valence-electron chi connectivity index (χ0n) is 9.80. The van der Waals surface area contributed by atoms with Crippen molar-refractivity contribution in [1.82, 2.24) is 5.32 Å². The highest BCUT2D eigenvalue weighted by Crippen LogP contribution is 2.29. The minimum atomic E-state index is -0.316. The topological polar surface area (TPSA) is 65.4 Å². The van der Waals surface area contributed by atoms with Gasteiger partial charge in [-0.25, -0.2) is 4.79 Å². The SMILES string of the molecule is N#Cc1cccc(N2C(=O)OC3CCNCC32)c1. The van der Waals surface area contributed by atoms with E-state index in [0.717, 1.165) is 25.2 Å². The standard InChI is InChI=1S/C13H13N3O2/c14-7-9-2-1-3-10(6-9)16-11-8-15-5-4-12(11)18-13(16)17/h1-3,6,11-12,15H,4-5,8H2. The Kier molecular flexibility index (Phi) is 2.65. The summed E-state index contributed by atoms with van der Waals surface area (Å²) < 4.78 is 5.37. The Morgan fingerprint density at radius 1 is 1.50 bits per heavy atom. The first-order valence-corrected chi connectivity index (χ1v) is 6.00. The highest BCUT2D eigenvalue weighted by Gasteiger charge is 2.43. The molecule has 0 saturated carbocycles. The van der Waals surface area contributed by atoms with E-state index in [-0.39, 0.29) is 18.2 Å². The van der Waals surface area contributed by atoms with Crippen molar-refractivity contribution in [3.05, 3.63) is 29.8 Å². The average molecular weight is 243 g/mol. The van der Waals surface area contributed by atoms with Gasteiger partial charge in [0.1, 0.15) is 6.10 Å². The van der Waals surface area contributed by atoms with E-state index < -0.39 is 0 Å². The van der Waals surface area contributed by atoms with Crippen LogP contribution in [0.3, 0.4) is 0 Å². The van der Waals surface area contributed by atoms with Crippen molar-refractivity contribution in [2.75, 3.05) is 18.0 Å². The Labute approximate surface area is 105 Å². The highest BCUT2D eigenvalue weighted by atomic mass is 16.6. The first-order chi connectivity index (χ1) is 8.79. The normalized spacial score (nSPS) is 26.4. The number of hydrogen-bond donors (Lipinski definition) is 1. The Balaban J connectivity index is 1.94. The summed E-state index contributed by atoms with van der Waals surface area (Å²) in [4.78, 5) is 13.6. The molecule has 1 amide bonds. The second kappa shape index (κ2) is 4.31. The molecule has 2 saturated heterocycles. The van der Waals surface area contributed by atoms with Gasteiger partial charge < -0.3 is 10.1 Å². The van der Waals surface area contributed by atoms with Gasteiger partial charge in [-0.3, -0.25) is 4.90 Å². The van der Waals surface area contributed by atoms with Gasteiger partial charge in [-0.1, -0.05) is 6.07 Å². The fraction of sp³-hybridized carbons (Fsp3) is 0.385. The van der Waals surface area contributed by atoms with Gasteiger partial charge in [0.05, 0.1) is 17.7 Å². The molecule has 0 bridgehead atoms. The van der Waals surface area contributed by atoms with E-state index in [1.807, 2.05) is 6.07 Å². The molecular formula is C13H13N3O2. The largest absolute Gasteiger partial charge is 0.444 e. The molecule has 0 aliphatic carbocycles. The number of nitriles is 1. The maximum atomic E-state index is 11.9. The zero-order valence-corrected chi connectivity index (χ0v) is 9.80. The van der Waals surface area contributed by atoms with Crippen molar-refractivity contribution < 1.29 is 9.53 Å². The molecular weight excluding hydrogens is 230 g/mol. The molecule has 2 aliphatic heterocycles. The molecule has 18 heavy (non-hydrogen) atoms. The van der Waals surface area contributed by atoms with Gasteiger partial charge in [-0.15, -0.1) is 0 Å². The summed E-state index contributed by atoms with van der Waals surface area (Å²) in [6.45, 7) is 1.60. The third-order valence-electron chi connectivity index (χ3n) is 3.42. The van der Waals surface area contributed by atoms with Crippen LogP contribution >= 0.6 is 0 Å². The number of ether oxygens (including phenoxy) is 1. The van der Waals surface area contributed by atoms with Gasteiger partial charge in [0.2, 0.25) is 0 Å². The van der Waals surface area contributed by atoms with Crippen LogP contribution in [0, 0.1) is 11.3 Å². The lowest BCUT2D eigenvalue weighted by molar-refractivity contribution is 0.117. The van der Waals surface area contributed by atoms with Gasteiger partial charge in [0, 0.05) is 12.2 Å². The predicted octanol–water partition coefficient (Wildman–Crippen LogP) is 1.25. The molecule has 92 valence electrons. The predicted molar refractivity (Wildman–Crippen MR) is 65.2 cm³/mol. The highest BCUT2D eigenvalue weighted by molar-refractivity contribution is 5.91. The van der Waals surface area contributed by atoms with Crippen LogP contribution in [0.15, 0.2) is 24.3 Å². The van der Waals surface area contributed by atoms with Crippen molar-refractivity contribution in [1.29, 1.82) is 5.26 Å². The number of nitrogens with one attached hydrogen (secondary N) is 1. The molecule has 3 rings (SSSR count). The molecule has 5 heteroatoms. The average Bonchev–Trinajstić information content (AvgIpc) is 2.74. The molecule has 2 aliphatic rings. The van der Waals surface area contributed by atoms with E-state index in [2.05, 4.69) is 11.4 Å². The van der Waals surface area contributed by atoms with Gasteiger partial charge >= 0.3 is 6.09 Å². The van der Waals surface area contributed by atoms with Crippen LogP contribution in [0.5, 0.6) is 0 Å². The minimum Gasteiger partial charge on any atom is -0.444 e. The Morgan fingerprint density at radius 2 is 2.39 bits per heavy atom. The summed E-state index contributed by atoms with van der Waals surface area (Å²) >= 11 is 0. The summed E-state index contributed by atoms with van der Waals surface area (Å²) in [5.41, 5.74) is 1.28. The molecule has 0 spiro atoms. The summed E-state index contributed by atoms with van der Waals surface area (Å²) in [6, 6.07) is 9.17. The third-order valence-corrected chi connectivity index (χ3v) is 3.42. The van der Waals surface area contributed by atoms with Crippen LogP contribution in [0.2, 0.25) is 0 Å². The van der Waals surface area contributed by atoms with Crippen LogP contribution in [0.25, 0.3) is 0 Å². The number of anilines is 1. The number of fused-ring (bicyclic) bond motifs is 1. The number of rotatable bonds is 1. The number of nitrogens with zero attached hydrogens (tertiary/aromatic N) is 2. The van der Waals surface area contributed by atoms with E-state index in [1.165, 1.54) is 0 Å².